The van der Waals surface area contributed by atoms with E-state index in [1.807, 2.05) is 59.2 Å². The highest BCUT2D eigenvalue weighted by Crippen LogP contribution is 2.31. The molecule has 1 fully saturated rings. The lowest BCUT2D eigenvalue weighted by atomic mass is 9.97. The number of aromatic nitrogens is 4. The molecule has 7 rings (SSSR count). The number of benzene rings is 2. The number of hydrogen-bond donors (Lipinski definition) is 1. The van der Waals surface area contributed by atoms with Crippen LogP contribution in [0.3, 0.4) is 0 Å². The third-order valence-electron chi connectivity index (χ3n) is 8.92. The molecule has 2 atom stereocenters. The fraction of sp³-hybridized carbons (Fsp3) is 0.289. The van der Waals surface area contributed by atoms with Gasteiger partial charge in [0.2, 0.25) is 5.91 Å². The summed E-state index contributed by atoms with van der Waals surface area (Å²) in [6.45, 7) is 7.42. The molecule has 250 valence electrons. The Kier molecular flexibility index (Phi) is 9.81. The largest absolute Gasteiger partial charge is 0.379 e. The molecule has 0 saturated carbocycles. The average molecular weight is 659 g/mol. The molecule has 1 saturated heterocycles. The van der Waals surface area contributed by atoms with Crippen molar-refractivity contribution in [3.63, 3.8) is 0 Å². The topological polar surface area (TPSA) is 101 Å². The lowest BCUT2D eigenvalue weighted by molar-refractivity contribution is -0.111. The lowest BCUT2D eigenvalue weighted by Gasteiger charge is -2.36. The van der Waals surface area contributed by atoms with E-state index in [1.165, 1.54) is 11.6 Å². The number of rotatable bonds is 10. The molecule has 3 heterocycles. The van der Waals surface area contributed by atoms with Crippen molar-refractivity contribution in [2.24, 2.45) is 4.99 Å². The molecule has 0 bridgehead atoms. The van der Waals surface area contributed by atoms with E-state index in [0.29, 0.717) is 67.8 Å². The van der Waals surface area contributed by atoms with E-state index in [4.69, 9.17) is 24.7 Å². The van der Waals surface area contributed by atoms with E-state index in [9.17, 15) is 4.79 Å². The van der Waals surface area contributed by atoms with Crippen molar-refractivity contribution in [2.45, 2.75) is 38.0 Å². The molecule has 10 nitrogen and oxygen atoms in total. The number of carbonyl (C=O) groups excluding carboxylic acids is 1. The second kappa shape index (κ2) is 14.9. The summed E-state index contributed by atoms with van der Waals surface area (Å²) in [7, 11) is 0. The first kappa shape index (κ1) is 32.3. The number of aliphatic imine (C=N–C) groups is 1. The van der Waals surface area contributed by atoms with Crippen LogP contribution >= 0.6 is 0 Å². The summed E-state index contributed by atoms with van der Waals surface area (Å²) in [4.78, 5) is 36.0. The summed E-state index contributed by atoms with van der Waals surface area (Å²) < 4.78 is 22.9. The van der Waals surface area contributed by atoms with Gasteiger partial charge in [0.15, 0.2) is 17.0 Å². The highest BCUT2D eigenvalue weighted by molar-refractivity contribution is 5.99. The minimum absolute atomic E-state index is 0.159. The van der Waals surface area contributed by atoms with Gasteiger partial charge in [-0.2, -0.15) is 9.97 Å². The Bertz CT molecular complexity index is 1940. The number of imidazole rings is 1. The number of anilines is 2. The molecule has 2 aromatic carbocycles. The third kappa shape index (κ3) is 7.58. The molecule has 0 radical (unpaired) electrons. The molecule has 1 amide bonds. The molecule has 3 aliphatic rings. The first-order valence-corrected chi connectivity index (χ1v) is 16.7. The summed E-state index contributed by atoms with van der Waals surface area (Å²) in [5, 5.41) is 2.82. The monoisotopic (exact) mass is 658 g/mol. The van der Waals surface area contributed by atoms with Gasteiger partial charge in [-0.25, -0.2) is 14.4 Å². The molecule has 2 aliphatic carbocycles. The van der Waals surface area contributed by atoms with Crippen LogP contribution in [0, 0.1) is 0 Å². The van der Waals surface area contributed by atoms with Crippen LogP contribution in [-0.2, 0) is 16.1 Å². The highest BCUT2D eigenvalue weighted by atomic mass is 19.1. The van der Waals surface area contributed by atoms with Gasteiger partial charge >= 0.3 is 0 Å². The van der Waals surface area contributed by atoms with Gasteiger partial charge in [0.1, 0.15) is 12.5 Å². The summed E-state index contributed by atoms with van der Waals surface area (Å²) in [6.07, 6.45) is 14.2. The Labute approximate surface area is 285 Å². The van der Waals surface area contributed by atoms with Crippen molar-refractivity contribution in [2.75, 3.05) is 43.1 Å². The van der Waals surface area contributed by atoms with E-state index in [-0.39, 0.29) is 24.3 Å². The number of nitrogens with one attached hydrogen (secondary N) is 1. The number of amides is 1. The Balaban J connectivity index is 1.32. The minimum atomic E-state index is -1.11. The number of allylic oxidation sites excluding steroid dienone is 4. The second-order valence-electron chi connectivity index (χ2n) is 12.3. The zero-order valence-electron chi connectivity index (χ0n) is 27.3. The predicted octanol–water partition coefficient (Wildman–Crippen LogP) is 6.29. The highest BCUT2D eigenvalue weighted by Gasteiger charge is 2.31. The van der Waals surface area contributed by atoms with Crippen molar-refractivity contribution >= 4 is 40.2 Å². The van der Waals surface area contributed by atoms with Gasteiger partial charge in [0, 0.05) is 44.0 Å². The Hall–Kier alpha value is -5.26. The lowest BCUT2D eigenvalue weighted by Crippen LogP contribution is -2.48. The molecule has 1 aliphatic heterocycles. The molecule has 0 spiro atoms. The van der Waals surface area contributed by atoms with Gasteiger partial charge in [0.25, 0.3) is 5.95 Å². The molecule has 2 unspecified atom stereocenters. The normalized spacial score (nSPS) is 20.3. The molecule has 1 N–H and O–H groups in total. The van der Waals surface area contributed by atoms with Crippen LogP contribution in [0.2, 0.25) is 0 Å². The van der Waals surface area contributed by atoms with Crippen LogP contribution < -0.4 is 10.2 Å². The van der Waals surface area contributed by atoms with Crippen molar-refractivity contribution in [1.82, 2.24) is 24.4 Å². The number of nitrogens with zero attached hydrogens (tertiary/aromatic N) is 7. The molecular formula is C38H39FN8O2. The van der Waals surface area contributed by atoms with Gasteiger partial charge in [0.05, 0.1) is 24.9 Å². The van der Waals surface area contributed by atoms with Gasteiger partial charge in [-0.05, 0) is 48.8 Å². The number of carbonyl (C=O) groups is 1. The molecule has 11 heteroatoms. The second-order valence-corrected chi connectivity index (χ2v) is 12.3. The Morgan fingerprint density at radius 1 is 1.12 bits per heavy atom. The quantitative estimate of drug-likeness (QED) is 0.200. The van der Waals surface area contributed by atoms with Crippen molar-refractivity contribution in [3.8, 4) is 5.69 Å². The number of morpholine rings is 1. The van der Waals surface area contributed by atoms with Gasteiger partial charge < -0.3 is 15.0 Å². The van der Waals surface area contributed by atoms with Crippen LogP contribution in [0.1, 0.15) is 24.8 Å². The van der Waals surface area contributed by atoms with E-state index < -0.39 is 6.17 Å². The summed E-state index contributed by atoms with van der Waals surface area (Å²) in [5.41, 5.74) is 5.52. The van der Waals surface area contributed by atoms with Crippen LogP contribution in [0.4, 0.5) is 21.8 Å². The van der Waals surface area contributed by atoms with Crippen molar-refractivity contribution in [1.29, 1.82) is 0 Å². The fourth-order valence-electron chi connectivity index (χ4n) is 6.46. The van der Waals surface area contributed by atoms with Crippen LogP contribution in [-0.4, -0.2) is 81.1 Å². The van der Waals surface area contributed by atoms with E-state index in [0.717, 1.165) is 24.1 Å². The van der Waals surface area contributed by atoms with Crippen LogP contribution in [0.5, 0.6) is 0 Å². The number of alkyl halides is 1. The fourth-order valence-corrected chi connectivity index (χ4v) is 6.46. The zero-order chi connectivity index (χ0) is 33.6. The zero-order valence-corrected chi connectivity index (χ0v) is 27.3. The van der Waals surface area contributed by atoms with Gasteiger partial charge in [-0.15, -0.1) is 0 Å². The first-order chi connectivity index (χ1) is 24.0. The van der Waals surface area contributed by atoms with E-state index in [1.54, 1.807) is 6.33 Å². The SMILES string of the molecule is C=CC(=O)Nc1cccc(-n2cnc3c(N(CC4=CC=CCC4)Cc4ccccc4)nc(N=C4C=CC(N5CCOCC5)C(F)C4)nc32)c1. The molecular weight excluding hydrogens is 619 g/mol. The van der Waals surface area contributed by atoms with E-state index >= 15 is 4.39 Å². The third-order valence-corrected chi connectivity index (χ3v) is 8.92. The summed E-state index contributed by atoms with van der Waals surface area (Å²) in [5.74, 6) is 0.565. The van der Waals surface area contributed by atoms with Crippen molar-refractivity contribution < 1.29 is 13.9 Å². The number of ether oxygens (including phenoxy) is 1. The van der Waals surface area contributed by atoms with Gasteiger partial charge in [-0.1, -0.05) is 72.9 Å². The van der Waals surface area contributed by atoms with Crippen LogP contribution in [0.25, 0.3) is 16.9 Å². The molecule has 49 heavy (non-hydrogen) atoms. The van der Waals surface area contributed by atoms with Crippen molar-refractivity contribution in [3.05, 3.63) is 115 Å². The maximum atomic E-state index is 15.6. The number of hydrogen-bond acceptors (Lipinski definition) is 8. The van der Waals surface area contributed by atoms with Crippen LogP contribution in [0.15, 0.2) is 115 Å². The Morgan fingerprint density at radius 2 is 1.98 bits per heavy atom. The summed E-state index contributed by atoms with van der Waals surface area (Å²) in [6, 6.07) is 17.4. The standard InChI is InChI=1S/C38H39FN8O2/c1-2-34(48)41-29-14-9-15-31(22-29)47-26-40-35-36(46(24-27-10-5-3-6-11-27)25-28-12-7-4-8-13-28)43-38(44-37(35)47)42-30-16-17-33(32(39)23-30)45-18-20-49-21-19-45/h2-7,9-12,14-17,22,26,32-33H,1,8,13,18-21,23-25H2,(H,41,48). The summed E-state index contributed by atoms with van der Waals surface area (Å²) >= 11 is 0. The average Bonchev–Trinajstić information content (AvgIpc) is 3.56. The van der Waals surface area contributed by atoms with Gasteiger partial charge in [-0.3, -0.25) is 14.3 Å². The molecule has 2 aromatic heterocycles. The minimum Gasteiger partial charge on any atom is -0.379 e. The number of fused-ring (bicyclic) bond motifs is 1. The Morgan fingerprint density at radius 3 is 2.76 bits per heavy atom. The van der Waals surface area contributed by atoms with E-state index in [2.05, 4.69) is 52.1 Å². The smallest absolute Gasteiger partial charge is 0.253 e. The first-order valence-electron chi connectivity index (χ1n) is 16.7. The molecule has 4 aromatic rings. The predicted molar refractivity (Wildman–Crippen MR) is 191 cm³/mol. The number of halogens is 1. The maximum Gasteiger partial charge on any atom is 0.253 e. The maximum absolute atomic E-state index is 15.6.